The minimum absolute atomic E-state index is 0.389. The fourth-order valence-corrected chi connectivity index (χ4v) is 2.99. The standard InChI is InChI=1S/C12H26O4S/c1-9(2)6-10(3)7-11(4)8-12(5)16-17(13,14)15/h9-12H,6-8H2,1-5H3,(H,13,14,15). The van der Waals surface area contributed by atoms with E-state index < -0.39 is 16.5 Å². The van der Waals surface area contributed by atoms with Gasteiger partial charge < -0.3 is 0 Å². The first kappa shape index (κ1) is 16.9. The molecule has 0 aliphatic heterocycles. The summed E-state index contributed by atoms with van der Waals surface area (Å²) in [5.74, 6) is 1.70. The molecule has 0 saturated carbocycles. The van der Waals surface area contributed by atoms with Gasteiger partial charge in [-0.25, -0.2) is 4.18 Å². The minimum atomic E-state index is -4.32. The van der Waals surface area contributed by atoms with Crippen LogP contribution in [0.25, 0.3) is 0 Å². The average molecular weight is 266 g/mol. The minimum Gasteiger partial charge on any atom is -0.264 e. The molecular formula is C12H26O4S. The molecule has 0 fully saturated rings. The Labute approximate surface area is 106 Å². The lowest BCUT2D eigenvalue weighted by Gasteiger charge is -2.21. The van der Waals surface area contributed by atoms with Crippen LogP contribution < -0.4 is 0 Å². The average Bonchev–Trinajstić information content (AvgIpc) is 1.95. The van der Waals surface area contributed by atoms with Crippen molar-refractivity contribution >= 4 is 10.4 Å². The molecule has 104 valence electrons. The van der Waals surface area contributed by atoms with E-state index in [1.807, 2.05) is 0 Å². The summed E-state index contributed by atoms with van der Waals surface area (Å²) in [5.41, 5.74) is 0. The first-order valence-corrected chi connectivity index (χ1v) is 7.62. The molecule has 3 unspecified atom stereocenters. The molecule has 0 saturated heterocycles. The highest BCUT2D eigenvalue weighted by Gasteiger charge is 2.17. The van der Waals surface area contributed by atoms with E-state index >= 15 is 0 Å². The van der Waals surface area contributed by atoms with Crippen molar-refractivity contribution in [1.82, 2.24) is 0 Å². The van der Waals surface area contributed by atoms with Crippen molar-refractivity contribution in [3.8, 4) is 0 Å². The molecular weight excluding hydrogens is 240 g/mol. The first-order valence-electron chi connectivity index (χ1n) is 6.25. The summed E-state index contributed by atoms with van der Waals surface area (Å²) in [6.45, 7) is 10.4. The van der Waals surface area contributed by atoms with Crippen LogP contribution in [0.15, 0.2) is 0 Å². The maximum atomic E-state index is 10.5. The smallest absolute Gasteiger partial charge is 0.264 e. The van der Waals surface area contributed by atoms with E-state index in [0.717, 1.165) is 6.42 Å². The van der Waals surface area contributed by atoms with Gasteiger partial charge in [0.2, 0.25) is 0 Å². The lowest BCUT2D eigenvalue weighted by Crippen LogP contribution is -2.18. The second-order valence-corrected chi connectivity index (χ2v) is 6.69. The fourth-order valence-electron chi connectivity index (χ4n) is 2.50. The number of rotatable bonds is 8. The molecule has 0 spiro atoms. The fraction of sp³-hybridized carbons (Fsp3) is 1.00. The Balaban J connectivity index is 3.96. The largest absolute Gasteiger partial charge is 0.397 e. The van der Waals surface area contributed by atoms with E-state index in [1.54, 1.807) is 6.92 Å². The van der Waals surface area contributed by atoms with Crippen LogP contribution in [-0.4, -0.2) is 19.1 Å². The van der Waals surface area contributed by atoms with Crippen LogP contribution in [0.1, 0.15) is 53.9 Å². The second-order valence-electron chi connectivity index (χ2n) is 5.65. The van der Waals surface area contributed by atoms with Crippen LogP contribution in [0.5, 0.6) is 0 Å². The third kappa shape index (κ3) is 10.7. The van der Waals surface area contributed by atoms with E-state index in [-0.39, 0.29) is 0 Å². The monoisotopic (exact) mass is 266 g/mol. The van der Waals surface area contributed by atoms with Crippen molar-refractivity contribution in [2.45, 2.75) is 60.0 Å². The predicted molar refractivity (Wildman–Crippen MR) is 69.1 cm³/mol. The maximum absolute atomic E-state index is 10.5. The molecule has 1 N–H and O–H groups in total. The third-order valence-electron chi connectivity index (χ3n) is 2.70. The SMILES string of the molecule is CC(C)CC(C)CC(C)CC(C)OS(=O)(=O)O. The molecule has 0 heterocycles. The molecule has 0 rings (SSSR count). The van der Waals surface area contributed by atoms with Gasteiger partial charge in [-0.3, -0.25) is 4.55 Å². The normalized spacial score (nSPS) is 18.1. The van der Waals surface area contributed by atoms with Crippen LogP contribution >= 0.6 is 0 Å². The molecule has 0 aromatic heterocycles. The summed E-state index contributed by atoms with van der Waals surface area (Å²) in [6.07, 6.45) is 2.41. The third-order valence-corrected chi connectivity index (χ3v) is 3.27. The highest BCUT2D eigenvalue weighted by atomic mass is 32.3. The van der Waals surface area contributed by atoms with Crippen molar-refractivity contribution in [3.63, 3.8) is 0 Å². The van der Waals surface area contributed by atoms with E-state index in [0.29, 0.717) is 24.2 Å². The van der Waals surface area contributed by atoms with E-state index in [4.69, 9.17) is 4.55 Å². The van der Waals surface area contributed by atoms with Gasteiger partial charge in [-0.15, -0.1) is 0 Å². The summed E-state index contributed by atoms with van der Waals surface area (Å²) in [7, 11) is -4.32. The molecule has 0 aromatic carbocycles. The summed E-state index contributed by atoms with van der Waals surface area (Å²) in [5, 5.41) is 0. The predicted octanol–water partition coefficient (Wildman–Crippen LogP) is 3.29. The molecule has 0 amide bonds. The molecule has 5 heteroatoms. The van der Waals surface area contributed by atoms with Gasteiger partial charge in [0, 0.05) is 0 Å². The zero-order valence-electron chi connectivity index (χ0n) is 11.5. The Morgan fingerprint density at radius 2 is 1.41 bits per heavy atom. The lowest BCUT2D eigenvalue weighted by atomic mass is 9.88. The van der Waals surface area contributed by atoms with Crippen LogP contribution in [0.3, 0.4) is 0 Å². The Morgan fingerprint density at radius 3 is 1.82 bits per heavy atom. The molecule has 0 aliphatic carbocycles. The van der Waals surface area contributed by atoms with Crippen LogP contribution in [0, 0.1) is 17.8 Å². The zero-order valence-corrected chi connectivity index (χ0v) is 12.3. The van der Waals surface area contributed by atoms with Crippen molar-refractivity contribution in [3.05, 3.63) is 0 Å². The van der Waals surface area contributed by atoms with Gasteiger partial charge in [0.05, 0.1) is 6.10 Å². The molecule has 0 bridgehead atoms. The highest BCUT2D eigenvalue weighted by Crippen LogP contribution is 2.23. The van der Waals surface area contributed by atoms with Gasteiger partial charge in [0.1, 0.15) is 0 Å². The Hall–Kier alpha value is -0.130. The van der Waals surface area contributed by atoms with E-state index in [1.165, 1.54) is 6.42 Å². The summed E-state index contributed by atoms with van der Waals surface area (Å²) in [6, 6.07) is 0. The maximum Gasteiger partial charge on any atom is 0.397 e. The molecule has 0 aliphatic rings. The number of hydrogen-bond acceptors (Lipinski definition) is 3. The zero-order chi connectivity index (χ0) is 13.6. The van der Waals surface area contributed by atoms with Gasteiger partial charge in [-0.2, -0.15) is 8.42 Å². The van der Waals surface area contributed by atoms with Crippen molar-refractivity contribution in [2.75, 3.05) is 0 Å². The van der Waals surface area contributed by atoms with Crippen molar-refractivity contribution in [2.24, 2.45) is 17.8 Å². The molecule has 0 aromatic rings. The number of hydrogen-bond donors (Lipinski definition) is 1. The molecule has 3 atom stereocenters. The Kier molecular flexibility index (Phi) is 7.28. The summed E-state index contributed by atoms with van der Waals surface area (Å²) < 4.78 is 34.1. The van der Waals surface area contributed by atoms with Crippen molar-refractivity contribution < 1.29 is 17.2 Å². The topological polar surface area (TPSA) is 63.6 Å². The first-order chi connectivity index (χ1) is 7.60. The van der Waals surface area contributed by atoms with Gasteiger partial charge in [0.25, 0.3) is 0 Å². The van der Waals surface area contributed by atoms with Gasteiger partial charge in [0.15, 0.2) is 0 Å². The molecule has 17 heavy (non-hydrogen) atoms. The Bertz CT molecular complexity index is 298. The summed E-state index contributed by atoms with van der Waals surface area (Å²) >= 11 is 0. The van der Waals surface area contributed by atoms with Crippen LogP contribution in [0.2, 0.25) is 0 Å². The van der Waals surface area contributed by atoms with Crippen LogP contribution in [0.4, 0.5) is 0 Å². The van der Waals surface area contributed by atoms with E-state index in [2.05, 4.69) is 31.9 Å². The molecule has 0 radical (unpaired) electrons. The van der Waals surface area contributed by atoms with E-state index in [9.17, 15) is 8.42 Å². The van der Waals surface area contributed by atoms with Crippen molar-refractivity contribution in [1.29, 1.82) is 0 Å². The van der Waals surface area contributed by atoms with Crippen LogP contribution in [-0.2, 0) is 14.6 Å². The highest BCUT2D eigenvalue weighted by molar-refractivity contribution is 7.80. The van der Waals surface area contributed by atoms with Gasteiger partial charge >= 0.3 is 10.4 Å². The summed E-state index contributed by atoms with van der Waals surface area (Å²) in [4.78, 5) is 0. The van der Waals surface area contributed by atoms with Gasteiger partial charge in [-0.05, 0) is 43.9 Å². The lowest BCUT2D eigenvalue weighted by molar-refractivity contribution is 0.164. The van der Waals surface area contributed by atoms with Gasteiger partial charge in [-0.1, -0.05) is 27.7 Å². The quantitative estimate of drug-likeness (QED) is 0.685. The second kappa shape index (κ2) is 7.34. The molecule has 4 nitrogen and oxygen atoms in total. The Morgan fingerprint density at radius 1 is 0.941 bits per heavy atom.